The fourth-order valence-corrected chi connectivity index (χ4v) is 3.47. The summed E-state index contributed by atoms with van der Waals surface area (Å²) in [6.07, 6.45) is 8.83. The molecule has 2 rings (SSSR count). The van der Waals surface area contributed by atoms with Crippen LogP contribution in [0, 0.1) is 11.7 Å². The molecule has 0 saturated heterocycles. The maximum absolute atomic E-state index is 14.0. The van der Waals surface area contributed by atoms with Gasteiger partial charge in [-0.25, -0.2) is 4.39 Å². The first-order chi connectivity index (χ1) is 9.54. The number of halogens is 2. The Bertz CT molecular complexity index is 439. The van der Waals surface area contributed by atoms with Gasteiger partial charge in [-0.15, -0.1) is 0 Å². The van der Waals surface area contributed by atoms with Crippen molar-refractivity contribution >= 4 is 11.6 Å². The fraction of sp³-hybridized carbons (Fsp3) is 0.647. The Balaban J connectivity index is 1.95. The quantitative estimate of drug-likeness (QED) is 0.804. The van der Waals surface area contributed by atoms with E-state index in [9.17, 15) is 4.39 Å². The molecule has 0 aromatic heterocycles. The number of benzene rings is 1. The standard InChI is InChI=1S/C17H25ClFN/c1-2-3-5-13-8-10-17(20,11-9-13)12-14-6-4-7-15(18)16(14)19/h4,6-7,13H,2-3,5,8-12,20H2,1H3. The van der Waals surface area contributed by atoms with Crippen LogP contribution in [-0.4, -0.2) is 5.54 Å². The van der Waals surface area contributed by atoms with Gasteiger partial charge in [0.1, 0.15) is 5.82 Å². The highest BCUT2D eigenvalue weighted by atomic mass is 35.5. The normalized spacial score (nSPS) is 26.7. The Hall–Kier alpha value is -0.600. The van der Waals surface area contributed by atoms with Crippen molar-refractivity contribution in [2.75, 3.05) is 0 Å². The number of hydrogen-bond acceptors (Lipinski definition) is 1. The lowest BCUT2D eigenvalue weighted by Crippen LogP contribution is -2.45. The lowest BCUT2D eigenvalue weighted by Gasteiger charge is -2.37. The molecule has 2 N–H and O–H groups in total. The van der Waals surface area contributed by atoms with E-state index < -0.39 is 0 Å². The summed E-state index contributed by atoms with van der Waals surface area (Å²) in [5.41, 5.74) is 6.89. The third kappa shape index (κ3) is 3.95. The van der Waals surface area contributed by atoms with Gasteiger partial charge in [-0.2, -0.15) is 0 Å². The van der Waals surface area contributed by atoms with Crippen LogP contribution in [-0.2, 0) is 6.42 Å². The molecule has 0 unspecified atom stereocenters. The lowest BCUT2D eigenvalue weighted by atomic mass is 9.73. The summed E-state index contributed by atoms with van der Waals surface area (Å²) in [6, 6.07) is 5.20. The zero-order chi connectivity index (χ0) is 14.6. The molecule has 0 spiro atoms. The molecular formula is C17H25ClFN. The molecule has 0 heterocycles. The second-order valence-electron chi connectivity index (χ2n) is 6.34. The minimum Gasteiger partial charge on any atom is -0.325 e. The molecule has 0 atom stereocenters. The largest absolute Gasteiger partial charge is 0.325 e. The van der Waals surface area contributed by atoms with Crippen LogP contribution >= 0.6 is 11.6 Å². The minimum absolute atomic E-state index is 0.197. The van der Waals surface area contributed by atoms with Crippen LogP contribution in [0.2, 0.25) is 5.02 Å². The number of rotatable bonds is 5. The second-order valence-corrected chi connectivity index (χ2v) is 6.74. The number of nitrogens with two attached hydrogens (primary N) is 1. The van der Waals surface area contributed by atoms with Crippen molar-refractivity contribution < 1.29 is 4.39 Å². The third-order valence-electron chi connectivity index (χ3n) is 4.64. The average molecular weight is 298 g/mol. The molecule has 1 aromatic rings. The van der Waals surface area contributed by atoms with Crippen molar-refractivity contribution in [2.45, 2.75) is 63.8 Å². The van der Waals surface area contributed by atoms with Gasteiger partial charge in [-0.1, -0.05) is 49.9 Å². The van der Waals surface area contributed by atoms with Crippen LogP contribution in [0.15, 0.2) is 18.2 Å². The Morgan fingerprint density at radius 3 is 2.70 bits per heavy atom. The van der Waals surface area contributed by atoms with Crippen LogP contribution in [0.1, 0.15) is 57.4 Å². The minimum atomic E-state index is -0.299. The van der Waals surface area contributed by atoms with Crippen molar-refractivity contribution in [2.24, 2.45) is 11.7 Å². The van der Waals surface area contributed by atoms with Crippen LogP contribution in [0.4, 0.5) is 4.39 Å². The van der Waals surface area contributed by atoms with Gasteiger partial charge in [0.2, 0.25) is 0 Å². The van der Waals surface area contributed by atoms with Gasteiger partial charge in [-0.3, -0.25) is 0 Å². The van der Waals surface area contributed by atoms with Crippen molar-refractivity contribution in [1.29, 1.82) is 0 Å². The van der Waals surface area contributed by atoms with Gasteiger partial charge >= 0.3 is 0 Å². The summed E-state index contributed by atoms with van der Waals surface area (Å²) < 4.78 is 14.0. The third-order valence-corrected chi connectivity index (χ3v) is 4.93. The van der Waals surface area contributed by atoms with Gasteiger partial charge in [0.05, 0.1) is 5.02 Å². The molecule has 1 fully saturated rings. The maximum Gasteiger partial charge on any atom is 0.145 e. The van der Waals surface area contributed by atoms with E-state index in [4.69, 9.17) is 17.3 Å². The summed E-state index contributed by atoms with van der Waals surface area (Å²) >= 11 is 5.84. The van der Waals surface area contributed by atoms with Crippen LogP contribution < -0.4 is 5.73 Å². The first kappa shape index (κ1) is 15.8. The van der Waals surface area contributed by atoms with E-state index >= 15 is 0 Å². The zero-order valence-electron chi connectivity index (χ0n) is 12.3. The van der Waals surface area contributed by atoms with Crippen molar-refractivity contribution in [3.05, 3.63) is 34.6 Å². The molecule has 1 aliphatic carbocycles. The van der Waals surface area contributed by atoms with E-state index in [-0.39, 0.29) is 16.4 Å². The topological polar surface area (TPSA) is 26.0 Å². The molecular weight excluding hydrogens is 273 g/mol. The molecule has 1 saturated carbocycles. The van der Waals surface area contributed by atoms with E-state index in [1.807, 2.05) is 0 Å². The molecule has 112 valence electrons. The lowest BCUT2D eigenvalue weighted by molar-refractivity contribution is 0.220. The van der Waals surface area contributed by atoms with Crippen LogP contribution in [0.3, 0.4) is 0 Å². The maximum atomic E-state index is 14.0. The number of unbranched alkanes of at least 4 members (excludes halogenated alkanes) is 1. The van der Waals surface area contributed by atoms with Gasteiger partial charge in [0, 0.05) is 5.54 Å². The van der Waals surface area contributed by atoms with E-state index in [0.717, 1.165) is 18.8 Å². The van der Waals surface area contributed by atoms with E-state index in [1.165, 1.54) is 32.1 Å². The molecule has 1 nitrogen and oxygen atoms in total. The van der Waals surface area contributed by atoms with Crippen molar-refractivity contribution in [3.63, 3.8) is 0 Å². The molecule has 0 radical (unpaired) electrons. The zero-order valence-corrected chi connectivity index (χ0v) is 13.1. The highest BCUT2D eigenvalue weighted by Gasteiger charge is 2.32. The van der Waals surface area contributed by atoms with Gasteiger partial charge < -0.3 is 5.73 Å². The molecule has 0 aliphatic heterocycles. The highest BCUT2D eigenvalue weighted by Crippen LogP contribution is 2.36. The van der Waals surface area contributed by atoms with E-state index in [0.29, 0.717) is 12.0 Å². The summed E-state index contributed by atoms with van der Waals surface area (Å²) in [7, 11) is 0. The fourth-order valence-electron chi connectivity index (χ4n) is 3.28. The molecule has 20 heavy (non-hydrogen) atoms. The van der Waals surface area contributed by atoms with Gasteiger partial charge in [-0.05, 0) is 49.7 Å². The summed E-state index contributed by atoms with van der Waals surface area (Å²) in [5, 5.41) is 0.197. The summed E-state index contributed by atoms with van der Waals surface area (Å²) in [6.45, 7) is 2.23. The molecule has 3 heteroatoms. The van der Waals surface area contributed by atoms with E-state index in [1.54, 1.807) is 18.2 Å². The SMILES string of the molecule is CCCCC1CCC(N)(Cc2cccc(Cl)c2F)CC1. The highest BCUT2D eigenvalue weighted by molar-refractivity contribution is 6.30. The molecule has 1 aliphatic rings. The van der Waals surface area contributed by atoms with Gasteiger partial charge in [0.15, 0.2) is 0 Å². The number of hydrogen-bond donors (Lipinski definition) is 1. The predicted molar refractivity (Wildman–Crippen MR) is 83.5 cm³/mol. The van der Waals surface area contributed by atoms with E-state index in [2.05, 4.69) is 6.92 Å². The Labute approximate surface area is 126 Å². The van der Waals surface area contributed by atoms with Crippen LogP contribution in [0.5, 0.6) is 0 Å². The van der Waals surface area contributed by atoms with Crippen molar-refractivity contribution in [3.8, 4) is 0 Å². The average Bonchev–Trinajstić information content (AvgIpc) is 2.43. The summed E-state index contributed by atoms with van der Waals surface area (Å²) in [4.78, 5) is 0. The molecule has 1 aromatic carbocycles. The first-order valence-corrected chi connectivity index (χ1v) is 8.13. The Morgan fingerprint density at radius 1 is 1.35 bits per heavy atom. The first-order valence-electron chi connectivity index (χ1n) is 7.76. The second kappa shape index (κ2) is 6.91. The monoisotopic (exact) mass is 297 g/mol. The van der Waals surface area contributed by atoms with Crippen LogP contribution in [0.25, 0.3) is 0 Å². The van der Waals surface area contributed by atoms with Crippen molar-refractivity contribution in [1.82, 2.24) is 0 Å². The smallest absolute Gasteiger partial charge is 0.145 e. The Morgan fingerprint density at radius 2 is 2.05 bits per heavy atom. The predicted octanol–water partition coefficient (Wildman–Crippen LogP) is 5.10. The molecule has 0 bridgehead atoms. The summed E-state index contributed by atoms with van der Waals surface area (Å²) in [5.74, 6) is 0.517. The molecule has 0 amide bonds. The Kier molecular flexibility index (Phi) is 5.45. The van der Waals surface area contributed by atoms with Gasteiger partial charge in [0.25, 0.3) is 0 Å².